The molecular formula is C11H25N. The lowest BCUT2D eigenvalue weighted by molar-refractivity contribution is 0.804. The second kappa shape index (κ2) is 16.8. The summed E-state index contributed by atoms with van der Waals surface area (Å²) < 4.78 is 0. The fourth-order valence-electron chi connectivity index (χ4n) is 0.583. The Morgan fingerprint density at radius 3 is 1.42 bits per heavy atom. The van der Waals surface area contributed by atoms with Gasteiger partial charge in [0.2, 0.25) is 0 Å². The standard InChI is InChI=1S/C7H13N.2C2H6/c1-4-7(5-8)6(2)3;2*1-2/h4-6,8H,1-3H3;2*1-2H3/b7-4+,8-5?;;. The first-order valence-electron chi connectivity index (χ1n) is 4.89. The van der Waals surface area contributed by atoms with Gasteiger partial charge in [-0.2, -0.15) is 0 Å². The summed E-state index contributed by atoms with van der Waals surface area (Å²) in [6, 6.07) is 0. The van der Waals surface area contributed by atoms with E-state index in [9.17, 15) is 0 Å². The first-order chi connectivity index (χ1) is 5.72. The summed E-state index contributed by atoms with van der Waals surface area (Å²) in [7, 11) is 0. The minimum Gasteiger partial charge on any atom is -0.308 e. The molecule has 0 aliphatic heterocycles. The van der Waals surface area contributed by atoms with E-state index in [-0.39, 0.29) is 0 Å². The van der Waals surface area contributed by atoms with Crippen LogP contribution in [0, 0.1) is 11.3 Å². The molecule has 0 rings (SSSR count). The summed E-state index contributed by atoms with van der Waals surface area (Å²) in [6.45, 7) is 14.1. The molecule has 0 fully saturated rings. The number of allylic oxidation sites excluding steroid dienone is 2. The van der Waals surface area contributed by atoms with Crippen molar-refractivity contribution in [2.24, 2.45) is 5.92 Å². The number of hydrogen-bond donors (Lipinski definition) is 1. The van der Waals surface area contributed by atoms with Crippen molar-refractivity contribution in [2.75, 3.05) is 0 Å². The predicted molar refractivity (Wildman–Crippen MR) is 60.1 cm³/mol. The lowest BCUT2D eigenvalue weighted by Crippen LogP contribution is -1.92. The maximum atomic E-state index is 6.90. The second-order valence-corrected chi connectivity index (χ2v) is 2.09. The number of hydrogen-bond acceptors (Lipinski definition) is 1. The van der Waals surface area contributed by atoms with Crippen LogP contribution in [0.15, 0.2) is 11.6 Å². The van der Waals surface area contributed by atoms with Crippen LogP contribution in [-0.2, 0) is 0 Å². The van der Waals surface area contributed by atoms with E-state index in [2.05, 4.69) is 13.8 Å². The molecule has 74 valence electrons. The Bertz CT molecular complexity index is 102. The average molecular weight is 171 g/mol. The van der Waals surface area contributed by atoms with E-state index in [0.29, 0.717) is 5.92 Å². The Kier molecular flexibility index (Phi) is 24.5. The highest BCUT2D eigenvalue weighted by Crippen LogP contribution is 2.04. The van der Waals surface area contributed by atoms with Crippen molar-refractivity contribution in [2.45, 2.75) is 48.5 Å². The Morgan fingerprint density at radius 2 is 1.42 bits per heavy atom. The maximum Gasteiger partial charge on any atom is 0.0209 e. The van der Waals surface area contributed by atoms with Gasteiger partial charge in [-0.15, -0.1) is 0 Å². The quantitative estimate of drug-likeness (QED) is 0.599. The van der Waals surface area contributed by atoms with Crippen molar-refractivity contribution in [3.05, 3.63) is 11.6 Å². The van der Waals surface area contributed by atoms with E-state index >= 15 is 0 Å². The summed E-state index contributed by atoms with van der Waals surface area (Å²) in [6.07, 6.45) is 3.38. The van der Waals surface area contributed by atoms with Crippen LogP contribution in [0.3, 0.4) is 0 Å². The highest BCUT2D eigenvalue weighted by molar-refractivity contribution is 5.75. The zero-order chi connectivity index (χ0) is 10.6. The normalized spacial score (nSPS) is 9.17. The van der Waals surface area contributed by atoms with Crippen molar-refractivity contribution in [1.82, 2.24) is 0 Å². The van der Waals surface area contributed by atoms with Gasteiger partial charge in [-0.3, -0.25) is 0 Å². The van der Waals surface area contributed by atoms with Gasteiger partial charge in [0.15, 0.2) is 0 Å². The number of nitrogens with one attached hydrogen (secondary N) is 1. The monoisotopic (exact) mass is 171 g/mol. The Morgan fingerprint density at radius 1 is 1.08 bits per heavy atom. The van der Waals surface area contributed by atoms with Crippen LogP contribution in [0.4, 0.5) is 0 Å². The second-order valence-electron chi connectivity index (χ2n) is 2.09. The molecule has 0 bridgehead atoms. The molecule has 0 saturated carbocycles. The third kappa shape index (κ3) is 12.1. The molecule has 12 heavy (non-hydrogen) atoms. The summed E-state index contributed by atoms with van der Waals surface area (Å²) in [5.41, 5.74) is 1.10. The van der Waals surface area contributed by atoms with Crippen molar-refractivity contribution >= 4 is 6.21 Å². The molecule has 0 amide bonds. The molecular weight excluding hydrogens is 146 g/mol. The lowest BCUT2D eigenvalue weighted by atomic mass is 10.1. The Balaban J connectivity index is -0.000000175. The van der Waals surface area contributed by atoms with E-state index in [1.807, 2.05) is 40.7 Å². The van der Waals surface area contributed by atoms with E-state index in [4.69, 9.17) is 5.41 Å². The summed E-state index contributed by atoms with van der Waals surface area (Å²) in [4.78, 5) is 0. The van der Waals surface area contributed by atoms with E-state index in [0.717, 1.165) is 5.57 Å². The van der Waals surface area contributed by atoms with Crippen LogP contribution < -0.4 is 0 Å². The van der Waals surface area contributed by atoms with Gasteiger partial charge in [0.05, 0.1) is 0 Å². The van der Waals surface area contributed by atoms with E-state index < -0.39 is 0 Å². The zero-order valence-corrected chi connectivity index (χ0v) is 9.73. The van der Waals surface area contributed by atoms with Gasteiger partial charge < -0.3 is 5.41 Å². The van der Waals surface area contributed by atoms with Crippen LogP contribution in [0.5, 0.6) is 0 Å². The van der Waals surface area contributed by atoms with Gasteiger partial charge in [0, 0.05) is 6.21 Å². The highest BCUT2D eigenvalue weighted by atomic mass is 14.3. The third-order valence-corrected chi connectivity index (χ3v) is 1.17. The topological polar surface area (TPSA) is 23.9 Å². The summed E-state index contributed by atoms with van der Waals surface area (Å²) in [5, 5.41) is 6.90. The molecule has 0 radical (unpaired) electrons. The molecule has 0 aromatic heterocycles. The first-order valence-corrected chi connectivity index (χ1v) is 4.89. The first kappa shape index (κ1) is 17.5. The highest BCUT2D eigenvalue weighted by Gasteiger charge is 1.94. The molecule has 0 aromatic rings. The van der Waals surface area contributed by atoms with Crippen molar-refractivity contribution in [3.8, 4) is 0 Å². The average Bonchev–Trinajstić information content (AvgIpc) is 2.13. The van der Waals surface area contributed by atoms with Crippen molar-refractivity contribution < 1.29 is 0 Å². The van der Waals surface area contributed by atoms with Gasteiger partial charge in [-0.1, -0.05) is 47.6 Å². The van der Waals surface area contributed by atoms with Gasteiger partial charge >= 0.3 is 0 Å². The smallest absolute Gasteiger partial charge is 0.0209 e. The molecule has 0 aliphatic carbocycles. The fraction of sp³-hybridized carbons (Fsp3) is 0.727. The SMILES string of the molecule is C/C=C(\C=N)C(C)C.CC.CC. The van der Waals surface area contributed by atoms with E-state index in [1.165, 1.54) is 6.21 Å². The van der Waals surface area contributed by atoms with Gasteiger partial charge in [-0.25, -0.2) is 0 Å². The number of rotatable bonds is 2. The minimum atomic E-state index is 0.498. The van der Waals surface area contributed by atoms with Crippen molar-refractivity contribution in [3.63, 3.8) is 0 Å². The van der Waals surface area contributed by atoms with Gasteiger partial charge in [-0.05, 0) is 18.4 Å². The molecule has 1 N–H and O–H groups in total. The van der Waals surface area contributed by atoms with Gasteiger partial charge in [0.1, 0.15) is 0 Å². The van der Waals surface area contributed by atoms with Crippen LogP contribution in [-0.4, -0.2) is 6.21 Å². The molecule has 0 heterocycles. The maximum absolute atomic E-state index is 6.90. The van der Waals surface area contributed by atoms with Crippen LogP contribution in [0.25, 0.3) is 0 Å². The van der Waals surface area contributed by atoms with E-state index in [1.54, 1.807) is 0 Å². The molecule has 0 spiro atoms. The Hall–Kier alpha value is -0.590. The zero-order valence-electron chi connectivity index (χ0n) is 9.73. The molecule has 0 saturated heterocycles. The largest absolute Gasteiger partial charge is 0.308 e. The van der Waals surface area contributed by atoms with Crippen LogP contribution >= 0.6 is 0 Å². The molecule has 0 unspecified atom stereocenters. The molecule has 0 aliphatic rings. The summed E-state index contributed by atoms with van der Waals surface area (Å²) in [5.74, 6) is 0.498. The minimum absolute atomic E-state index is 0.498. The summed E-state index contributed by atoms with van der Waals surface area (Å²) >= 11 is 0. The van der Waals surface area contributed by atoms with Crippen LogP contribution in [0.2, 0.25) is 0 Å². The van der Waals surface area contributed by atoms with Crippen LogP contribution in [0.1, 0.15) is 48.5 Å². The third-order valence-electron chi connectivity index (χ3n) is 1.17. The molecule has 1 heteroatoms. The lowest BCUT2D eigenvalue weighted by Gasteiger charge is -2.01. The predicted octanol–water partition coefficient (Wildman–Crippen LogP) is 4.29. The van der Waals surface area contributed by atoms with Gasteiger partial charge in [0.25, 0.3) is 0 Å². The Labute approximate surface area is 78.4 Å². The molecule has 1 nitrogen and oxygen atoms in total. The molecule has 0 atom stereocenters. The fourth-order valence-corrected chi connectivity index (χ4v) is 0.583. The molecule has 0 aromatic carbocycles. The van der Waals surface area contributed by atoms with Crippen molar-refractivity contribution in [1.29, 1.82) is 5.41 Å².